The Kier molecular flexibility index (Phi) is 5.11. The Morgan fingerprint density at radius 2 is 1.80 bits per heavy atom. The molecule has 2 heterocycles. The number of carbonyl (C=O) groups excluding carboxylic acids is 1. The van der Waals surface area contributed by atoms with Crippen molar-refractivity contribution in [1.29, 1.82) is 0 Å². The van der Waals surface area contributed by atoms with Crippen molar-refractivity contribution in [1.82, 2.24) is 20.2 Å². The number of hydrogen-bond acceptors (Lipinski definition) is 4. The molecule has 2 amide bonds. The molecule has 1 N–H and O–H groups in total. The number of amides is 2. The lowest BCUT2D eigenvalue weighted by molar-refractivity contribution is 0.191. The molecule has 1 fully saturated rings. The molecule has 0 aliphatic carbocycles. The number of nitrogens with one attached hydrogen (secondary N) is 1. The molecule has 0 spiro atoms. The van der Waals surface area contributed by atoms with Gasteiger partial charge in [0.1, 0.15) is 18.0 Å². The average Bonchev–Trinajstić information content (AvgIpc) is 2.62. The fourth-order valence-corrected chi connectivity index (χ4v) is 2.78. The van der Waals surface area contributed by atoms with Crippen LogP contribution in [0, 0.1) is 5.82 Å². The minimum atomic E-state index is -0.270. The second-order valence-corrected chi connectivity index (χ2v) is 6.35. The summed E-state index contributed by atoms with van der Waals surface area (Å²) in [6.45, 7) is 6.62. The van der Waals surface area contributed by atoms with Gasteiger partial charge in [-0.15, -0.1) is 0 Å². The van der Waals surface area contributed by atoms with Gasteiger partial charge in [0.15, 0.2) is 0 Å². The van der Waals surface area contributed by atoms with E-state index in [1.807, 2.05) is 24.8 Å². The summed E-state index contributed by atoms with van der Waals surface area (Å²) < 4.78 is 13.1. The van der Waals surface area contributed by atoms with E-state index in [1.165, 1.54) is 18.5 Å². The van der Waals surface area contributed by atoms with E-state index in [-0.39, 0.29) is 17.9 Å². The molecule has 6 nitrogen and oxygen atoms in total. The van der Waals surface area contributed by atoms with Crippen LogP contribution < -0.4 is 10.2 Å². The first kappa shape index (κ1) is 17.1. The van der Waals surface area contributed by atoms with Gasteiger partial charge < -0.3 is 15.1 Å². The molecule has 0 unspecified atom stereocenters. The first-order chi connectivity index (χ1) is 12.0. The van der Waals surface area contributed by atoms with Crippen LogP contribution in [-0.2, 0) is 0 Å². The van der Waals surface area contributed by atoms with Gasteiger partial charge in [0.05, 0.1) is 5.69 Å². The molecule has 7 heteroatoms. The van der Waals surface area contributed by atoms with Crippen LogP contribution in [0.1, 0.15) is 13.8 Å². The highest BCUT2D eigenvalue weighted by molar-refractivity contribution is 5.74. The highest BCUT2D eigenvalue weighted by Gasteiger charge is 2.22. The predicted octanol–water partition coefficient (Wildman–Crippen LogP) is 2.52. The summed E-state index contributed by atoms with van der Waals surface area (Å²) in [5, 5.41) is 2.91. The van der Waals surface area contributed by atoms with E-state index in [9.17, 15) is 9.18 Å². The van der Waals surface area contributed by atoms with Crippen LogP contribution in [0.3, 0.4) is 0 Å². The topological polar surface area (TPSA) is 61.4 Å². The quantitative estimate of drug-likeness (QED) is 0.930. The summed E-state index contributed by atoms with van der Waals surface area (Å²) in [7, 11) is 0. The van der Waals surface area contributed by atoms with E-state index in [1.54, 1.807) is 12.1 Å². The van der Waals surface area contributed by atoms with E-state index in [0.29, 0.717) is 26.2 Å². The van der Waals surface area contributed by atoms with Gasteiger partial charge in [0, 0.05) is 43.9 Å². The van der Waals surface area contributed by atoms with Crippen LogP contribution in [0.25, 0.3) is 11.3 Å². The Labute approximate surface area is 146 Å². The maximum Gasteiger partial charge on any atom is 0.317 e. The molecule has 0 bridgehead atoms. The van der Waals surface area contributed by atoms with Gasteiger partial charge in [-0.3, -0.25) is 0 Å². The second kappa shape index (κ2) is 7.46. The third-order valence-electron chi connectivity index (χ3n) is 4.10. The number of rotatable bonds is 3. The standard InChI is InChI=1S/C18H22FN5O/c1-13(2)22-18(25)24-9-7-23(8-10-24)17-11-16(20-12-21-17)14-3-5-15(19)6-4-14/h3-6,11-13H,7-10H2,1-2H3,(H,22,25). The predicted molar refractivity (Wildman–Crippen MR) is 94.9 cm³/mol. The van der Waals surface area contributed by atoms with Crippen LogP contribution >= 0.6 is 0 Å². The summed E-state index contributed by atoms with van der Waals surface area (Å²) in [5.41, 5.74) is 1.60. The van der Waals surface area contributed by atoms with Crippen molar-refractivity contribution >= 4 is 11.8 Å². The molecule has 1 saturated heterocycles. The number of hydrogen-bond donors (Lipinski definition) is 1. The number of halogens is 1. The van der Waals surface area contributed by atoms with Gasteiger partial charge in [0.25, 0.3) is 0 Å². The molecule has 0 atom stereocenters. The number of urea groups is 1. The summed E-state index contributed by atoms with van der Waals surface area (Å²) in [5.74, 6) is 0.548. The van der Waals surface area contributed by atoms with E-state index in [2.05, 4.69) is 20.2 Å². The Bertz CT molecular complexity index is 727. The number of aromatic nitrogens is 2. The van der Waals surface area contributed by atoms with Crippen LogP contribution in [0.5, 0.6) is 0 Å². The third kappa shape index (κ3) is 4.23. The summed E-state index contributed by atoms with van der Waals surface area (Å²) in [6.07, 6.45) is 1.52. The molecule has 3 rings (SSSR count). The summed E-state index contributed by atoms with van der Waals surface area (Å²) in [6, 6.07) is 8.25. The molecule has 2 aromatic rings. The third-order valence-corrected chi connectivity index (χ3v) is 4.10. The zero-order valence-electron chi connectivity index (χ0n) is 14.4. The second-order valence-electron chi connectivity index (χ2n) is 6.35. The Hall–Kier alpha value is -2.70. The average molecular weight is 343 g/mol. The lowest BCUT2D eigenvalue weighted by Crippen LogP contribution is -2.53. The smallest absolute Gasteiger partial charge is 0.317 e. The highest BCUT2D eigenvalue weighted by Crippen LogP contribution is 2.21. The van der Waals surface area contributed by atoms with Gasteiger partial charge in [-0.2, -0.15) is 0 Å². The molecule has 0 saturated carbocycles. The maximum absolute atomic E-state index is 13.1. The van der Waals surface area contributed by atoms with Gasteiger partial charge >= 0.3 is 6.03 Å². The van der Waals surface area contributed by atoms with Crippen LogP contribution in [0.2, 0.25) is 0 Å². The zero-order chi connectivity index (χ0) is 17.8. The van der Waals surface area contributed by atoms with Crippen molar-refractivity contribution < 1.29 is 9.18 Å². The van der Waals surface area contributed by atoms with Crippen molar-refractivity contribution in [3.05, 3.63) is 42.5 Å². The number of piperazine rings is 1. The molecule has 25 heavy (non-hydrogen) atoms. The van der Waals surface area contributed by atoms with Crippen LogP contribution in [0.4, 0.5) is 15.0 Å². The normalized spacial score (nSPS) is 14.7. The lowest BCUT2D eigenvalue weighted by Gasteiger charge is -2.35. The minimum Gasteiger partial charge on any atom is -0.353 e. The fraction of sp³-hybridized carbons (Fsp3) is 0.389. The van der Waals surface area contributed by atoms with E-state index in [4.69, 9.17) is 0 Å². The molecule has 0 radical (unpaired) electrons. The summed E-state index contributed by atoms with van der Waals surface area (Å²) >= 11 is 0. The van der Waals surface area contributed by atoms with Crippen LogP contribution in [0.15, 0.2) is 36.7 Å². The largest absolute Gasteiger partial charge is 0.353 e. The Morgan fingerprint density at radius 1 is 1.12 bits per heavy atom. The van der Waals surface area contributed by atoms with Crippen molar-refractivity contribution in [3.63, 3.8) is 0 Å². The van der Waals surface area contributed by atoms with Crippen molar-refractivity contribution in [3.8, 4) is 11.3 Å². The van der Waals surface area contributed by atoms with Gasteiger partial charge in [-0.05, 0) is 38.1 Å². The molecule has 1 aliphatic heterocycles. The molecule has 132 valence electrons. The fourth-order valence-electron chi connectivity index (χ4n) is 2.78. The molecule has 1 aromatic carbocycles. The van der Waals surface area contributed by atoms with Crippen LogP contribution in [-0.4, -0.2) is 53.1 Å². The molecular weight excluding hydrogens is 321 g/mol. The zero-order valence-corrected chi connectivity index (χ0v) is 14.4. The van der Waals surface area contributed by atoms with E-state index in [0.717, 1.165) is 17.1 Å². The van der Waals surface area contributed by atoms with Crippen molar-refractivity contribution in [2.24, 2.45) is 0 Å². The summed E-state index contributed by atoms with van der Waals surface area (Å²) in [4.78, 5) is 24.6. The van der Waals surface area contributed by atoms with Gasteiger partial charge in [0.2, 0.25) is 0 Å². The monoisotopic (exact) mass is 343 g/mol. The molecule has 1 aliphatic rings. The minimum absolute atomic E-state index is 0.0238. The maximum atomic E-state index is 13.1. The SMILES string of the molecule is CC(C)NC(=O)N1CCN(c2cc(-c3ccc(F)cc3)ncn2)CC1. The van der Waals surface area contributed by atoms with E-state index >= 15 is 0 Å². The highest BCUT2D eigenvalue weighted by atomic mass is 19.1. The number of nitrogens with zero attached hydrogens (tertiary/aromatic N) is 4. The van der Waals surface area contributed by atoms with Crippen molar-refractivity contribution in [2.75, 3.05) is 31.1 Å². The lowest BCUT2D eigenvalue weighted by atomic mass is 10.1. The Morgan fingerprint density at radius 3 is 2.44 bits per heavy atom. The first-order valence-electron chi connectivity index (χ1n) is 8.41. The number of anilines is 1. The van der Waals surface area contributed by atoms with Gasteiger partial charge in [-0.25, -0.2) is 19.2 Å². The molecule has 1 aromatic heterocycles. The first-order valence-corrected chi connectivity index (χ1v) is 8.41. The van der Waals surface area contributed by atoms with E-state index < -0.39 is 0 Å². The van der Waals surface area contributed by atoms with Gasteiger partial charge in [-0.1, -0.05) is 0 Å². The molecular formula is C18H22FN5O. The Balaban J connectivity index is 1.67. The number of carbonyl (C=O) groups is 1. The van der Waals surface area contributed by atoms with Crippen molar-refractivity contribution in [2.45, 2.75) is 19.9 Å². The number of benzene rings is 1.